The summed E-state index contributed by atoms with van der Waals surface area (Å²) >= 11 is 0. The first kappa shape index (κ1) is 24.6. The largest absolute Gasteiger partial charge is 0.416 e. The highest BCUT2D eigenvalue weighted by Crippen LogP contribution is 2.40. The number of rotatable bonds is 3. The Morgan fingerprint density at radius 2 is 0.886 bits per heavy atom. The number of benzene rings is 3. The molecule has 2 nitrogen and oxygen atoms in total. The summed E-state index contributed by atoms with van der Waals surface area (Å²) in [5.41, 5.74) is -1.65. The van der Waals surface area contributed by atoms with Crippen molar-refractivity contribution >= 4 is 5.84 Å². The van der Waals surface area contributed by atoms with Crippen molar-refractivity contribution in [3.63, 3.8) is 0 Å². The molecule has 0 fully saturated rings. The van der Waals surface area contributed by atoms with Gasteiger partial charge in [-0.15, -0.1) is 0 Å². The van der Waals surface area contributed by atoms with Crippen LogP contribution in [-0.4, -0.2) is 5.84 Å². The molecule has 3 aromatic rings. The van der Waals surface area contributed by atoms with Crippen LogP contribution >= 0.6 is 0 Å². The predicted octanol–water partition coefficient (Wildman–Crippen LogP) is 7.58. The maximum atomic E-state index is 13.0. The van der Waals surface area contributed by atoms with Gasteiger partial charge in [-0.2, -0.15) is 39.5 Å². The molecular formula is C24H15F9N2. The molecule has 1 N–H and O–H groups in total. The molecule has 1 aliphatic rings. The van der Waals surface area contributed by atoms with Crippen molar-refractivity contribution < 1.29 is 39.5 Å². The SMILES string of the molecule is FC(F)(F)c1ccc(C2=N[C@@H](c3ccc(C(F)(F)F)cc3)[C@H](c3ccc(C(F)(F)F)cc3)N2)cc1. The van der Waals surface area contributed by atoms with Crippen LogP contribution in [-0.2, 0) is 18.5 Å². The summed E-state index contributed by atoms with van der Waals surface area (Å²) in [4.78, 5) is 4.46. The minimum absolute atomic E-state index is 0.161. The fourth-order valence-electron chi connectivity index (χ4n) is 3.73. The Kier molecular flexibility index (Phi) is 6.06. The molecule has 184 valence electrons. The number of hydrogen-bond acceptors (Lipinski definition) is 2. The molecular weight excluding hydrogens is 487 g/mol. The van der Waals surface area contributed by atoms with Gasteiger partial charge in [-0.3, -0.25) is 4.99 Å². The van der Waals surface area contributed by atoms with Gasteiger partial charge in [-0.1, -0.05) is 36.4 Å². The summed E-state index contributed by atoms with van der Waals surface area (Å²) in [5.74, 6) is 0.161. The van der Waals surface area contributed by atoms with Gasteiger partial charge in [0.25, 0.3) is 0 Å². The van der Waals surface area contributed by atoms with Crippen molar-refractivity contribution in [2.75, 3.05) is 0 Å². The number of nitrogens with one attached hydrogen (secondary N) is 1. The van der Waals surface area contributed by atoms with E-state index in [4.69, 9.17) is 0 Å². The van der Waals surface area contributed by atoms with Crippen LogP contribution < -0.4 is 5.32 Å². The van der Waals surface area contributed by atoms with Gasteiger partial charge in [0, 0.05) is 5.56 Å². The van der Waals surface area contributed by atoms with E-state index < -0.39 is 47.3 Å². The summed E-state index contributed by atoms with van der Waals surface area (Å²) in [6.07, 6.45) is -13.7. The van der Waals surface area contributed by atoms with Crippen molar-refractivity contribution in [1.29, 1.82) is 0 Å². The summed E-state index contributed by atoms with van der Waals surface area (Å²) in [7, 11) is 0. The van der Waals surface area contributed by atoms with E-state index in [1.165, 1.54) is 36.4 Å². The molecule has 0 saturated carbocycles. The topological polar surface area (TPSA) is 24.4 Å². The van der Waals surface area contributed by atoms with Gasteiger partial charge in [-0.05, 0) is 47.5 Å². The molecule has 0 amide bonds. The monoisotopic (exact) mass is 502 g/mol. The number of halogens is 9. The number of alkyl halides is 9. The van der Waals surface area contributed by atoms with E-state index in [2.05, 4.69) is 10.3 Å². The molecule has 4 rings (SSSR count). The molecule has 0 aromatic heterocycles. The molecule has 35 heavy (non-hydrogen) atoms. The summed E-state index contributed by atoms with van der Waals surface area (Å²) in [6.45, 7) is 0. The Morgan fingerprint density at radius 1 is 0.514 bits per heavy atom. The van der Waals surface area contributed by atoms with E-state index in [0.717, 1.165) is 36.4 Å². The van der Waals surface area contributed by atoms with Crippen LogP contribution in [0.1, 0.15) is 45.5 Å². The summed E-state index contributed by atoms with van der Waals surface area (Å²) < 4.78 is 116. The normalized spacial score (nSPS) is 18.8. The van der Waals surface area contributed by atoms with Crippen molar-refractivity contribution in [3.05, 3.63) is 106 Å². The van der Waals surface area contributed by atoms with Crippen molar-refractivity contribution in [2.45, 2.75) is 30.6 Å². The van der Waals surface area contributed by atoms with Crippen LogP contribution in [0, 0.1) is 0 Å². The van der Waals surface area contributed by atoms with E-state index in [-0.39, 0.29) is 11.4 Å². The van der Waals surface area contributed by atoms with E-state index in [9.17, 15) is 39.5 Å². The standard InChI is InChI=1S/C24H15F9N2/c25-22(26,27)16-7-1-13(2-8-16)19-20(14-3-9-17(10-4-14)23(28,29)30)35-21(34-19)15-5-11-18(12-6-15)24(31,32)33/h1-12,19-20H,(H,34,35)/t19-,20-/m0/s1. The molecule has 0 saturated heterocycles. The van der Waals surface area contributed by atoms with Crippen molar-refractivity contribution in [3.8, 4) is 0 Å². The second kappa shape index (κ2) is 8.62. The van der Waals surface area contributed by atoms with E-state index in [0.29, 0.717) is 11.1 Å². The lowest BCUT2D eigenvalue weighted by Crippen LogP contribution is -2.25. The van der Waals surface area contributed by atoms with Crippen LogP contribution in [0.5, 0.6) is 0 Å². The number of hydrogen-bond donors (Lipinski definition) is 1. The maximum Gasteiger partial charge on any atom is 0.416 e. The summed E-state index contributed by atoms with van der Waals surface area (Å²) in [6, 6.07) is 10.8. The van der Waals surface area contributed by atoms with Gasteiger partial charge in [-0.25, -0.2) is 0 Å². The fourth-order valence-corrected chi connectivity index (χ4v) is 3.73. The molecule has 2 atom stereocenters. The van der Waals surface area contributed by atoms with E-state index in [1.54, 1.807) is 0 Å². The predicted molar refractivity (Wildman–Crippen MR) is 109 cm³/mol. The van der Waals surface area contributed by atoms with Gasteiger partial charge in [0.05, 0.1) is 22.7 Å². The van der Waals surface area contributed by atoms with Crippen LogP contribution in [0.3, 0.4) is 0 Å². The Hall–Kier alpha value is -3.50. The Morgan fingerprint density at radius 3 is 1.29 bits per heavy atom. The lowest BCUT2D eigenvalue weighted by molar-refractivity contribution is -0.138. The smallest absolute Gasteiger partial charge is 0.361 e. The minimum Gasteiger partial charge on any atom is -0.361 e. The highest BCUT2D eigenvalue weighted by Gasteiger charge is 2.36. The fraction of sp³-hybridized carbons (Fsp3) is 0.208. The lowest BCUT2D eigenvalue weighted by Gasteiger charge is -2.21. The van der Waals surface area contributed by atoms with Gasteiger partial charge in [0.2, 0.25) is 0 Å². The molecule has 0 aliphatic carbocycles. The van der Waals surface area contributed by atoms with E-state index in [1.807, 2.05) is 0 Å². The van der Waals surface area contributed by atoms with Gasteiger partial charge >= 0.3 is 18.5 Å². The molecule has 0 radical (unpaired) electrons. The second-order valence-electron chi connectivity index (χ2n) is 7.86. The molecule has 1 aliphatic heterocycles. The molecule has 11 heteroatoms. The number of aliphatic imine (C=N–C) groups is 1. The Labute approximate surface area is 193 Å². The Bertz CT molecular complexity index is 1200. The van der Waals surface area contributed by atoms with Gasteiger partial charge in [0.1, 0.15) is 11.9 Å². The first-order valence-electron chi connectivity index (χ1n) is 10.1. The zero-order valence-corrected chi connectivity index (χ0v) is 17.4. The minimum atomic E-state index is -4.56. The third kappa shape index (κ3) is 5.28. The van der Waals surface area contributed by atoms with Gasteiger partial charge in [0.15, 0.2) is 0 Å². The second-order valence-corrected chi connectivity index (χ2v) is 7.86. The van der Waals surface area contributed by atoms with Crippen LogP contribution in [0.4, 0.5) is 39.5 Å². The van der Waals surface area contributed by atoms with Crippen LogP contribution in [0.2, 0.25) is 0 Å². The first-order valence-corrected chi connectivity index (χ1v) is 10.1. The lowest BCUT2D eigenvalue weighted by atomic mass is 9.93. The van der Waals surface area contributed by atoms with E-state index >= 15 is 0 Å². The first-order chi connectivity index (χ1) is 16.2. The van der Waals surface area contributed by atoms with Crippen molar-refractivity contribution in [1.82, 2.24) is 5.32 Å². The van der Waals surface area contributed by atoms with Crippen LogP contribution in [0.25, 0.3) is 0 Å². The third-order valence-corrected chi connectivity index (χ3v) is 5.54. The van der Waals surface area contributed by atoms with Crippen LogP contribution in [0.15, 0.2) is 77.8 Å². The quantitative estimate of drug-likeness (QED) is 0.367. The Balaban J connectivity index is 1.71. The zero-order chi connectivity index (χ0) is 25.6. The summed E-state index contributed by atoms with van der Waals surface area (Å²) in [5, 5.41) is 3.00. The average Bonchev–Trinajstić information content (AvgIpc) is 3.23. The highest BCUT2D eigenvalue weighted by molar-refractivity contribution is 6.00. The number of amidine groups is 1. The molecule has 1 heterocycles. The highest BCUT2D eigenvalue weighted by atomic mass is 19.4. The number of nitrogens with zero attached hydrogens (tertiary/aromatic N) is 1. The molecule has 3 aromatic carbocycles. The maximum absolute atomic E-state index is 13.0. The average molecular weight is 502 g/mol. The molecule has 0 spiro atoms. The van der Waals surface area contributed by atoms with Crippen molar-refractivity contribution in [2.24, 2.45) is 4.99 Å². The molecule has 0 unspecified atom stereocenters. The third-order valence-electron chi connectivity index (χ3n) is 5.54. The molecule has 0 bridgehead atoms. The zero-order valence-electron chi connectivity index (χ0n) is 17.4. The van der Waals surface area contributed by atoms with Gasteiger partial charge < -0.3 is 5.32 Å².